The first-order valence-electron chi connectivity index (χ1n) is 17.6. The summed E-state index contributed by atoms with van der Waals surface area (Å²) in [6.07, 6.45) is 4.57. The third kappa shape index (κ3) is 7.26. The van der Waals surface area contributed by atoms with Crippen molar-refractivity contribution in [2.75, 3.05) is 20.2 Å². The fraction of sp³-hybridized carbons (Fsp3) is 0.632. The predicted octanol–water partition coefficient (Wildman–Crippen LogP) is 5.05. The van der Waals surface area contributed by atoms with Crippen molar-refractivity contribution < 1.29 is 33.8 Å². The van der Waals surface area contributed by atoms with Crippen LogP contribution in [0.15, 0.2) is 55.6 Å². The summed E-state index contributed by atoms with van der Waals surface area (Å²) in [6.45, 7) is 17.2. The zero-order chi connectivity index (χ0) is 36.2. The number of carbonyl (C=O) groups excluding carboxylic acids is 4. The van der Waals surface area contributed by atoms with E-state index in [9.17, 15) is 24.3 Å². The second-order valence-electron chi connectivity index (χ2n) is 14.2. The molecule has 3 saturated heterocycles. The number of amides is 3. The third-order valence-electron chi connectivity index (χ3n) is 10.8. The molecule has 10 nitrogen and oxygen atoms in total. The summed E-state index contributed by atoms with van der Waals surface area (Å²) in [6, 6.07) is 6.86. The fourth-order valence-electron chi connectivity index (χ4n) is 8.07. The van der Waals surface area contributed by atoms with Crippen LogP contribution < -0.4 is 0 Å². The van der Waals surface area contributed by atoms with Crippen molar-refractivity contribution in [2.45, 2.75) is 114 Å². The van der Waals surface area contributed by atoms with Gasteiger partial charge in [-0.15, -0.1) is 13.2 Å². The molecule has 0 aliphatic carbocycles. The van der Waals surface area contributed by atoms with Gasteiger partial charge in [0, 0.05) is 30.9 Å². The molecule has 1 spiro atoms. The van der Waals surface area contributed by atoms with Gasteiger partial charge in [0.2, 0.25) is 17.7 Å². The number of rotatable bonds is 17. The zero-order valence-corrected chi connectivity index (χ0v) is 31.4. The lowest BCUT2D eigenvalue weighted by atomic mass is 9.70. The van der Waals surface area contributed by atoms with Gasteiger partial charge >= 0.3 is 5.97 Å². The maximum absolute atomic E-state index is 14.8. The molecule has 270 valence electrons. The Morgan fingerprint density at radius 2 is 1.84 bits per heavy atom. The fourth-order valence-corrected chi connectivity index (χ4v) is 9.02. The molecular weight excluding hydrogens is 690 g/mol. The van der Waals surface area contributed by atoms with Gasteiger partial charge in [-0.1, -0.05) is 85.6 Å². The summed E-state index contributed by atoms with van der Waals surface area (Å²) >= 11 is 3.75. The topological polar surface area (TPSA) is 117 Å². The van der Waals surface area contributed by atoms with Gasteiger partial charge in [0.15, 0.2) is 0 Å². The minimum atomic E-state index is -1.31. The first kappa shape index (κ1) is 38.8. The van der Waals surface area contributed by atoms with Gasteiger partial charge in [0.1, 0.15) is 17.7 Å². The van der Waals surface area contributed by atoms with E-state index in [0.717, 1.165) is 12.8 Å². The number of fused-ring (bicyclic) bond motifs is 1. The molecule has 0 aromatic heterocycles. The number of alkyl halides is 1. The average molecular weight is 745 g/mol. The molecule has 3 heterocycles. The second kappa shape index (κ2) is 16.3. The molecule has 11 heteroatoms. The van der Waals surface area contributed by atoms with E-state index in [1.165, 1.54) is 4.90 Å². The highest BCUT2D eigenvalue weighted by Crippen LogP contribution is 2.61. The van der Waals surface area contributed by atoms with E-state index in [-0.39, 0.29) is 48.2 Å². The standard InChI is InChI=1S/C38H54BrN3O7/c1-9-12-19-29(44)40(8)25(7)32(26-17-14-13-15-18-26)48-37(47)30-31-35(45)42(28(22-43)23(4)5)34(38(31)21-27(39)33(30)49-38)36(46)41(20-11-3)24(6)16-10-2/h9,11,13-15,17-18,23-25,27-28,30-34,43H,1,3,10,12,16,19-22H2,2,4-8H3/t24?,25-,27?,28+,30-,31+,32+,33-,34-,38+/m1/s1. The highest BCUT2D eigenvalue weighted by Gasteiger charge is 2.77. The van der Waals surface area contributed by atoms with Crippen LogP contribution >= 0.6 is 15.9 Å². The normalized spacial score (nSPS) is 28.1. The van der Waals surface area contributed by atoms with Crippen molar-refractivity contribution in [1.29, 1.82) is 0 Å². The summed E-state index contributed by atoms with van der Waals surface area (Å²) in [7, 11) is 1.69. The second-order valence-corrected chi connectivity index (χ2v) is 15.3. The number of likely N-dealkylation sites (N-methyl/N-ethyl adjacent to an activating group) is 1. The number of nitrogens with zero attached hydrogens (tertiary/aromatic N) is 3. The molecule has 3 aliphatic rings. The number of benzene rings is 1. The van der Waals surface area contributed by atoms with Gasteiger partial charge in [0.25, 0.3) is 0 Å². The van der Waals surface area contributed by atoms with Crippen LogP contribution in [0.5, 0.6) is 0 Å². The average Bonchev–Trinajstić information content (AvgIpc) is 3.67. The molecule has 10 atom stereocenters. The molecule has 1 N–H and O–H groups in total. The number of aliphatic hydroxyl groups is 1. The molecule has 3 fully saturated rings. The van der Waals surface area contributed by atoms with Crippen LogP contribution in [0.25, 0.3) is 0 Å². The van der Waals surface area contributed by atoms with Crippen LogP contribution in [0, 0.1) is 17.8 Å². The number of carbonyl (C=O) groups is 4. The lowest BCUT2D eigenvalue weighted by Gasteiger charge is -2.41. The molecule has 4 rings (SSSR count). The Kier molecular flexibility index (Phi) is 12.9. The van der Waals surface area contributed by atoms with Crippen molar-refractivity contribution >= 4 is 39.6 Å². The maximum Gasteiger partial charge on any atom is 0.313 e. The monoisotopic (exact) mass is 743 g/mol. The molecule has 3 aliphatic heterocycles. The predicted molar refractivity (Wildman–Crippen MR) is 191 cm³/mol. The summed E-state index contributed by atoms with van der Waals surface area (Å²) in [5.74, 6) is -3.59. The Hall–Kier alpha value is -3.02. The van der Waals surface area contributed by atoms with E-state index < -0.39 is 59.6 Å². The summed E-state index contributed by atoms with van der Waals surface area (Å²) < 4.78 is 13.1. The minimum Gasteiger partial charge on any atom is -0.455 e. The third-order valence-corrected chi connectivity index (χ3v) is 11.6. The number of ether oxygens (including phenoxy) is 2. The number of halogens is 1. The first-order chi connectivity index (χ1) is 23.3. The van der Waals surface area contributed by atoms with Gasteiger partial charge in [-0.2, -0.15) is 0 Å². The zero-order valence-electron chi connectivity index (χ0n) is 29.8. The van der Waals surface area contributed by atoms with Gasteiger partial charge in [0.05, 0.1) is 36.6 Å². The Bertz CT molecular complexity index is 1370. The van der Waals surface area contributed by atoms with Crippen LogP contribution in [-0.2, 0) is 28.7 Å². The van der Waals surface area contributed by atoms with Gasteiger partial charge < -0.3 is 29.3 Å². The smallest absolute Gasteiger partial charge is 0.313 e. The highest BCUT2D eigenvalue weighted by atomic mass is 79.9. The van der Waals surface area contributed by atoms with E-state index >= 15 is 0 Å². The Morgan fingerprint density at radius 1 is 1.16 bits per heavy atom. The lowest BCUT2D eigenvalue weighted by molar-refractivity contribution is -0.165. The van der Waals surface area contributed by atoms with Crippen molar-refractivity contribution in [3.63, 3.8) is 0 Å². The SMILES string of the molecule is C=CCCC(=O)N(C)[C@H](C)[C@H](OC(=O)[C@H]1[C@@H]2O[C@@]3(CC2Br)[C@@H]1C(=O)N([C@@H](CO)C(C)C)[C@@H]3C(=O)N(CC=C)C(C)CCC)c1ccccc1. The minimum absolute atomic E-state index is 0.111. The Morgan fingerprint density at radius 3 is 2.41 bits per heavy atom. The number of likely N-dealkylation sites (tertiary alicyclic amines) is 1. The molecule has 2 bridgehead atoms. The van der Waals surface area contributed by atoms with E-state index in [1.54, 1.807) is 29.0 Å². The van der Waals surface area contributed by atoms with Crippen molar-refractivity contribution in [2.24, 2.45) is 17.8 Å². The van der Waals surface area contributed by atoms with Gasteiger partial charge in [-0.3, -0.25) is 19.2 Å². The van der Waals surface area contributed by atoms with Crippen LogP contribution in [-0.4, -0.2) is 104 Å². The maximum atomic E-state index is 14.8. The molecule has 1 aromatic carbocycles. The summed E-state index contributed by atoms with van der Waals surface area (Å²) in [5, 5.41) is 10.6. The van der Waals surface area contributed by atoms with E-state index in [4.69, 9.17) is 9.47 Å². The number of allylic oxidation sites excluding steroid dienone is 1. The van der Waals surface area contributed by atoms with Crippen LogP contribution in [0.4, 0.5) is 0 Å². The van der Waals surface area contributed by atoms with Crippen molar-refractivity contribution in [1.82, 2.24) is 14.7 Å². The largest absolute Gasteiger partial charge is 0.455 e. The van der Waals surface area contributed by atoms with Gasteiger partial charge in [-0.05, 0) is 44.6 Å². The molecule has 0 saturated carbocycles. The van der Waals surface area contributed by atoms with E-state index in [1.807, 2.05) is 58.0 Å². The quantitative estimate of drug-likeness (QED) is 0.135. The van der Waals surface area contributed by atoms with Gasteiger partial charge in [-0.25, -0.2) is 0 Å². The van der Waals surface area contributed by atoms with Crippen LogP contribution in [0.3, 0.4) is 0 Å². The number of esters is 1. The first-order valence-corrected chi connectivity index (χ1v) is 18.5. The summed E-state index contributed by atoms with van der Waals surface area (Å²) in [4.78, 5) is 61.6. The van der Waals surface area contributed by atoms with Crippen LogP contribution in [0.2, 0.25) is 0 Å². The summed E-state index contributed by atoms with van der Waals surface area (Å²) in [5.41, 5.74) is -0.603. The number of hydrogen-bond acceptors (Lipinski definition) is 7. The molecule has 49 heavy (non-hydrogen) atoms. The molecule has 2 unspecified atom stereocenters. The van der Waals surface area contributed by atoms with Crippen molar-refractivity contribution in [3.05, 3.63) is 61.2 Å². The molecule has 0 radical (unpaired) electrons. The number of aliphatic hydroxyl groups excluding tert-OH is 1. The van der Waals surface area contributed by atoms with E-state index in [0.29, 0.717) is 18.4 Å². The Balaban J connectivity index is 1.77. The van der Waals surface area contributed by atoms with Crippen molar-refractivity contribution in [3.8, 4) is 0 Å². The van der Waals surface area contributed by atoms with Crippen LogP contribution in [0.1, 0.15) is 78.4 Å². The molecule has 3 amide bonds. The molecular formula is C38H54BrN3O7. The highest BCUT2D eigenvalue weighted by molar-refractivity contribution is 9.09. The lowest BCUT2D eigenvalue weighted by Crippen LogP contribution is -2.61. The van der Waals surface area contributed by atoms with E-state index in [2.05, 4.69) is 36.0 Å². The molecule has 1 aromatic rings. The Labute approximate surface area is 300 Å². The number of hydrogen-bond donors (Lipinski definition) is 1.